The number of rotatable bonds is 6. The van der Waals surface area contributed by atoms with E-state index in [2.05, 4.69) is 23.6 Å². The molecule has 124 valence electrons. The molecule has 0 aliphatic rings. The number of ether oxygens (including phenoxy) is 1. The second-order valence-electron chi connectivity index (χ2n) is 5.39. The molecule has 0 bridgehead atoms. The van der Waals surface area contributed by atoms with E-state index in [4.69, 9.17) is 4.74 Å². The molecule has 6 nitrogen and oxygen atoms in total. The van der Waals surface area contributed by atoms with Crippen LogP contribution in [-0.2, 0) is 21.4 Å². The predicted octanol–water partition coefficient (Wildman–Crippen LogP) is 2.40. The molecule has 7 heteroatoms. The lowest BCUT2D eigenvalue weighted by molar-refractivity contribution is 0.0465. The van der Waals surface area contributed by atoms with E-state index in [1.165, 1.54) is 19.3 Å². The molecule has 0 unspecified atom stereocenters. The number of benzene rings is 1. The summed E-state index contributed by atoms with van der Waals surface area (Å²) in [7, 11) is -2.28. The highest BCUT2D eigenvalue weighted by molar-refractivity contribution is 7.89. The molecule has 0 spiro atoms. The Kier molecular flexibility index (Phi) is 5.23. The second kappa shape index (κ2) is 6.97. The molecule has 0 aliphatic heterocycles. The van der Waals surface area contributed by atoms with Crippen LogP contribution in [0, 0.1) is 0 Å². The van der Waals surface area contributed by atoms with Crippen LogP contribution < -0.4 is 4.72 Å². The molecule has 1 aromatic heterocycles. The SMILES string of the molecule is CNS(=O)(=O)c1c[nH]c(C(=O)OCc2ccccc2C(C)C)c1. The van der Waals surface area contributed by atoms with Crippen molar-refractivity contribution in [2.45, 2.75) is 31.3 Å². The highest BCUT2D eigenvalue weighted by Gasteiger charge is 2.18. The van der Waals surface area contributed by atoms with Crippen LogP contribution in [0.3, 0.4) is 0 Å². The summed E-state index contributed by atoms with van der Waals surface area (Å²) >= 11 is 0. The Morgan fingerprint density at radius 3 is 2.65 bits per heavy atom. The van der Waals surface area contributed by atoms with Crippen LogP contribution in [0.4, 0.5) is 0 Å². The van der Waals surface area contributed by atoms with E-state index in [9.17, 15) is 13.2 Å². The first-order valence-corrected chi connectivity index (χ1v) is 8.70. The predicted molar refractivity (Wildman–Crippen MR) is 86.7 cm³/mol. The Balaban J connectivity index is 2.09. The van der Waals surface area contributed by atoms with Crippen LogP contribution in [0.5, 0.6) is 0 Å². The van der Waals surface area contributed by atoms with Crippen LogP contribution in [0.15, 0.2) is 41.4 Å². The summed E-state index contributed by atoms with van der Waals surface area (Å²) in [4.78, 5) is 14.7. The molecule has 0 atom stereocenters. The molecule has 0 saturated carbocycles. The Morgan fingerprint density at radius 2 is 2.00 bits per heavy atom. The first kappa shape index (κ1) is 17.2. The number of esters is 1. The zero-order valence-corrected chi connectivity index (χ0v) is 14.1. The number of hydrogen-bond donors (Lipinski definition) is 2. The van der Waals surface area contributed by atoms with Gasteiger partial charge in [-0.1, -0.05) is 38.1 Å². The maximum absolute atomic E-state index is 12.1. The minimum atomic E-state index is -3.58. The maximum atomic E-state index is 12.1. The Hall–Kier alpha value is -2.12. The van der Waals surface area contributed by atoms with Crippen molar-refractivity contribution < 1.29 is 17.9 Å². The largest absolute Gasteiger partial charge is 0.456 e. The number of aromatic amines is 1. The van der Waals surface area contributed by atoms with Gasteiger partial charge in [0.25, 0.3) is 0 Å². The summed E-state index contributed by atoms with van der Waals surface area (Å²) in [5.74, 6) is -0.274. The van der Waals surface area contributed by atoms with Gasteiger partial charge in [-0.2, -0.15) is 0 Å². The highest BCUT2D eigenvalue weighted by Crippen LogP contribution is 2.20. The molecule has 0 saturated heterocycles. The van der Waals surface area contributed by atoms with Crippen molar-refractivity contribution in [3.8, 4) is 0 Å². The molecule has 1 aromatic carbocycles. The molecule has 0 radical (unpaired) electrons. The topological polar surface area (TPSA) is 88.3 Å². The van der Waals surface area contributed by atoms with Gasteiger partial charge in [0.2, 0.25) is 10.0 Å². The van der Waals surface area contributed by atoms with Gasteiger partial charge in [0.1, 0.15) is 17.2 Å². The molecule has 2 rings (SSSR count). The van der Waals surface area contributed by atoms with Crippen LogP contribution in [0.1, 0.15) is 41.4 Å². The monoisotopic (exact) mass is 336 g/mol. The third kappa shape index (κ3) is 4.00. The minimum absolute atomic E-state index is 0.00506. The van der Waals surface area contributed by atoms with Crippen LogP contribution in [-0.4, -0.2) is 26.4 Å². The lowest BCUT2D eigenvalue weighted by atomic mass is 9.98. The van der Waals surface area contributed by atoms with E-state index < -0.39 is 16.0 Å². The van der Waals surface area contributed by atoms with E-state index in [-0.39, 0.29) is 17.2 Å². The summed E-state index contributed by atoms with van der Waals surface area (Å²) in [6.45, 7) is 4.28. The van der Waals surface area contributed by atoms with E-state index in [0.29, 0.717) is 5.92 Å². The minimum Gasteiger partial charge on any atom is -0.456 e. The lowest BCUT2D eigenvalue weighted by Crippen LogP contribution is -2.17. The van der Waals surface area contributed by atoms with Crippen molar-refractivity contribution in [2.24, 2.45) is 0 Å². The molecular weight excluding hydrogens is 316 g/mol. The number of nitrogens with one attached hydrogen (secondary N) is 2. The van der Waals surface area contributed by atoms with Crippen molar-refractivity contribution in [3.05, 3.63) is 53.3 Å². The molecule has 0 amide bonds. The van der Waals surface area contributed by atoms with E-state index in [1.54, 1.807) is 0 Å². The Labute approximate surface area is 135 Å². The molecule has 0 fully saturated rings. The van der Waals surface area contributed by atoms with Gasteiger partial charge in [0, 0.05) is 6.20 Å². The summed E-state index contributed by atoms with van der Waals surface area (Å²) in [5.41, 5.74) is 2.15. The summed E-state index contributed by atoms with van der Waals surface area (Å²) in [5, 5.41) is 0. The average Bonchev–Trinajstić information content (AvgIpc) is 3.03. The highest BCUT2D eigenvalue weighted by atomic mass is 32.2. The normalized spacial score (nSPS) is 11.7. The third-order valence-electron chi connectivity index (χ3n) is 3.49. The quantitative estimate of drug-likeness (QED) is 0.793. The second-order valence-corrected chi connectivity index (χ2v) is 7.27. The Morgan fingerprint density at radius 1 is 1.30 bits per heavy atom. The van der Waals surface area contributed by atoms with Gasteiger partial charge in [-0.05, 0) is 30.2 Å². The number of carbonyl (C=O) groups is 1. The van der Waals surface area contributed by atoms with Gasteiger partial charge in [-0.3, -0.25) is 0 Å². The van der Waals surface area contributed by atoms with Gasteiger partial charge in [0.05, 0.1) is 0 Å². The molecule has 2 aromatic rings. The molecule has 0 aliphatic carbocycles. The summed E-state index contributed by atoms with van der Waals surface area (Å²) < 4.78 is 30.8. The maximum Gasteiger partial charge on any atom is 0.355 e. The van der Waals surface area contributed by atoms with Crippen molar-refractivity contribution >= 4 is 16.0 Å². The van der Waals surface area contributed by atoms with Gasteiger partial charge >= 0.3 is 5.97 Å². The standard InChI is InChI=1S/C16H20N2O4S/c1-11(2)14-7-5-4-6-12(14)10-22-16(19)15-8-13(9-18-15)23(20,21)17-3/h4-9,11,17-18H,10H2,1-3H3. The van der Waals surface area contributed by atoms with Crippen LogP contribution >= 0.6 is 0 Å². The first-order valence-electron chi connectivity index (χ1n) is 7.22. The number of aromatic nitrogens is 1. The fourth-order valence-electron chi connectivity index (χ4n) is 2.22. The summed E-state index contributed by atoms with van der Waals surface area (Å²) in [6, 6.07) is 9.00. The average molecular weight is 336 g/mol. The Bertz CT molecular complexity index is 794. The van der Waals surface area contributed by atoms with Crippen molar-refractivity contribution in [1.29, 1.82) is 0 Å². The number of sulfonamides is 1. The first-order chi connectivity index (χ1) is 10.8. The number of hydrogen-bond acceptors (Lipinski definition) is 4. The van der Waals surface area contributed by atoms with Crippen LogP contribution in [0.25, 0.3) is 0 Å². The molecule has 1 heterocycles. The van der Waals surface area contributed by atoms with Crippen LogP contribution in [0.2, 0.25) is 0 Å². The van der Waals surface area contributed by atoms with Gasteiger partial charge in [0.15, 0.2) is 0 Å². The number of H-pyrrole nitrogens is 1. The fourth-order valence-corrected chi connectivity index (χ4v) is 2.94. The molecule has 23 heavy (non-hydrogen) atoms. The molecule has 2 N–H and O–H groups in total. The molecular formula is C16H20N2O4S. The van der Waals surface area contributed by atoms with Crippen molar-refractivity contribution in [1.82, 2.24) is 9.71 Å². The van der Waals surface area contributed by atoms with E-state index in [0.717, 1.165) is 11.1 Å². The van der Waals surface area contributed by atoms with E-state index >= 15 is 0 Å². The van der Waals surface area contributed by atoms with Crippen molar-refractivity contribution in [3.63, 3.8) is 0 Å². The smallest absolute Gasteiger partial charge is 0.355 e. The third-order valence-corrected chi connectivity index (χ3v) is 4.89. The van der Waals surface area contributed by atoms with Gasteiger partial charge in [-0.15, -0.1) is 0 Å². The fraction of sp³-hybridized carbons (Fsp3) is 0.312. The van der Waals surface area contributed by atoms with E-state index in [1.807, 2.05) is 24.3 Å². The van der Waals surface area contributed by atoms with Gasteiger partial charge < -0.3 is 9.72 Å². The zero-order chi connectivity index (χ0) is 17.0. The summed E-state index contributed by atoms with van der Waals surface area (Å²) in [6.07, 6.45) is 1.25. The number of carbonyl (C=O) groups excluding carboxylic acids is 1. The van der Waals surface area contributed by atoms with Crippen molar-refractivity contribution in [2.75, 3.05) is 7.05 Å². The van der Waals surface area contributed by atoms with Gasteiger partial charge in [-0.25, -0.2) is 17.9 Å². The zero-order valence-electron chi connectivity index (χ0n) is 13.3. The lowest BCUT2D eigenvalue weighted by Gasteiger charge is -2.12.